The minimum Gasteiger partial charge on any atom is -0.462 e. The molecule has 0 radical (unpaired) electrons. The molecule has 0 aliphatic heterocycles. The summed E-state index contributed by atoms with van der Waals surface area (Å²) in [5, 5.41) is 0. The van der Waals surface area contributed by atoms with Crippen molar-refractivity contribution in [2.45, 2.75) is 6.92 Å². The molecular formula is C13H11BrFNO2. The largest absolute Gasteiger partial charge is 0.462 e. The number of halogens is 2. The summed E-state index contributed by atoms with van der Waals surface area (Å²) in [6.45, 7) is 2.03. The van der Waals surface area contributed by atoms with Crippen molar-refractivity contribution >= 4 is 21.9 Å². The lowest BCUT2D eigenvalue weighted by Crippen LogP contribution is -2.04. The lowest BCUT2D eigenvalue weighted by atomic mass is 10.0. The van der Waals surface area contributed by atoms with Gasteiger partial charge in [0.1, 0.15) is 5.82 Å². The topological polar surface area (TPSA) is 42.1 Å². The van der Waals surface area contributed by atoms with E-state index in [1.165, 1.54) is 12.1 Å². The van der Waals surface area contributed by atoms with Gasteiger partial charge in [-0.15, -0.1) is 0 Å². The second-order valence-corrected chi connectivity index (χ2v) is 4.42. The van der Waals surface area contributed by atoms with Crippen molar-refractivity contribution in [2.75, 3.05) is 6.61 Å². The molecule has 5 heteroatoms. The van der Waals surface area contributed by atoms with Crippen LogP contribution in [0.25, 0.3) is 11.1 Å². The van der Waals surface area contributed by atoms with E-state index in [0.717, 1.165) is 0 Å². The molecule has 1 heterocycles. The highest BCUT2D eigenvalue weighted by molar-refractivity contribution is 9.10. The number of carbonyl (C=O) groups is 1. The van der Waals surface area contributed by atoms with E-state index in [1.54, 1.807) is 25.3 Å². The molecule has 0 atom stereocenters. The number of rotatable bonds is 3. The Labute approximate surface area is 112 Å². The van der Waals surface area contributed by atoms with Crippen LogP contribution in [0.1, 0.15) is 17.3 Å². The number of nitrogens with one attached hydrogen (secondary N) is 1. The molecule has 0 spiro atoms. The van der Waals surface area contributed by atoms with Gasteiger partial charge in [-0.05, 0) is 40.5 Å². The number of H-pyrrole nitrogens is 1. The average Bonchev–Trinajstić information content (AvgIpc) is 2.71. The molecule has 0 unspecified atom stereocenters. The van der Waals surface area contributed by atoms with E-state index in [9.17, 15) is 9.18 Å². The van der Waals surface area contributed by atoms with Gasteiger partial charge in [0, 0.05) is 11.8 Å². The summed E-state index contributed by atoms with van der Waals surface area (Å²) in [7, 11) is 0. The van der Waals surface area contributed by atoms with Gasteiger partial charge in [-0.1, -0.05) is 12.1 Å². The van der Waals surface area contributed by atoms with Gasteiger partial charge in [0.15, 0.2) is 0 Å². The Balaban J connectivity index is 2.50. The first-order valence-corrected chi connectivity index (χ1v) is 6.22. The Bertz CT molecular complexity index is 580. The smallest absolute Gasteiger partial charge is 0.340 e. The molecule has 2 aromatic rings. The lowest BCUT2D eigenvalue weighted by Gasteiger charge is -2.05. The van der Waals surface area contributed by atoms with Gasteiger partial charge in [-0.3, -0.25) is 0 Å². The molecular weight excluding hydrogens is 301 g/mol. The average molecular weight is 312 g/mol. The maximum Gasteiger partial charge on any atom is 0.340 e. The van der Waals surface area contributed by atoms with Crippen molar-refractivity contribution in [1.82, 2.24) is 4.98 Å². The third kappa shape index (κ3) is 2.46. The van der Waals surface area contributed by atoms with Crippen LogP contribution in [0.4, 0.5) is 4.39 Å². The van der Waals surface area contributed by atoms with Crippen LogP contribution in [0.3, 0.4) is 0 Å². The number of hydrogen-bond acceptors (Lipinski definition) is 2. The molecule has 1 aromatic carbocycles. The maximum absolute atomic E-state index is 13.2. The monoisotopic (exact) mass is 311 g/mol. The fourth-order valence-corrected chi connectivity index (χ4v) is 2.25. The van der Waals surface area contributed by atoms with Crippen molar-refractivity contribution in [3.63, 3.8) is 0 Å². The Morgan fingerprint density at radius 2 is 2.28 bits per heavy atom. The molecule has 18 heavy (non-hydrogen) atoms. The van der Waals surface area contributed by atoms with Gasteiger partial charge in [0.05, 0.1) is 16.8 Å². The highest BCUT2D eigenvalue weighted by Gasteiger charge is 2.18. The van der Waals surface area contributed by atoms with Crippen molar-refractivity contribution in [3.8, 4) is 11.1 Å². The van der Waals surface area contributed by atoms with E-state index < -0.39 is 5.97 Å². The second-order valence-electron chi connectivity index (χ2n) is 3.62. The van der Waals surface area contributed by atoms with E-state index in [4.69, 9.17) is 4.74 Å². The molecule has 94 valence electrons. The minimum atomic E-state index is -0.432. The Hall–Kier alpha value is -1.62. The van der Waals surface area contributed by atoms with Crippen LogP contribution in [0.15, 0.2) is 35.1 Å². The minimum absolute atomic E-state index is 0.296. The molecule has 0 aliphatic rings. The highest BCUT2D eigenvalue weighted by atomic mass is 79.9. The van der Waals surface area contributed by atoms with Crippen LogP contribution < -0.4 is 0 Å². The van der Waals surface area contributed by atoms with Gasteiger partial charge < -0.3 is 9.72 Å². The SMILES string of the molecule is CCOC(=O)c1c[nH]c(Br)c1-c1cccc(F)c1. The zero-order valence-corrected chi connectivity index (χ0v) is 11.3. The van der Waals surface area contributed by atoms with Crippen LogP contribution in [0, 0.1) is 5.82 Å². The van der Waals surface area contributed by atoms with Crippen LogP contribution in [0.5, 0.6) is 0 Å². The molecule has 1 N–H and O–H groups in total. The molecule has 0 aliphatic carbocycles. The van der Waals surface area contributed by atoms with Crippen LogP contribution in [-0.2, 0) is 4.74 Å². The zero-order chi connectivity index (χ0) is 13.1. The summed E-state index contributed by atoms with van der Waals surface area (Å²) in [6.07, 6.45) is 1.54. The Kier molecular flexibility index (Phi) is 3.81. The molecule has 0 bridgehead atoms. The molecule has 0 saturated carbocycles. The first-order chi connectivity index (χ1) is 8.63. The van der Waals surface area contributed by atoms with Gasteiger partial charge in [0.25, 0.3) is 0 Å². The van der Waals surface area contributed by atoms with Crippen LogP contribution in [0.2, 0.25) is 0 Å². The predicted molar refractivity (Wildman–Crippen MR) is 69.8 cm³/mol. The van der Waals surface area contributed by atoms with Gasteiger partial charge in [0.2, 0.25) is 0 Å². The summed E-state index contributed by atoms with van der Waals surface area (Å²) in [5.74, 6) is -0.783. The first kappa shape index (κ1) is 12.8. The molecule has 1 aromatic heterocycles. The maximum atomic E-state index is 13.2. The van der Waals surface area contributed by atoms with Gasteiger partial charge >= 0.3 is 5.97 Å². The third-order valence-corrected chi connectivity index (χ3v) is 3.07. The van der Waals surface area contributed by atoms with E-state index in [-0.39, 0.29) is 5.82 Å². The molecule has 0 amide bonds. The third-order valence-electron chi connectivity index (χ3n) is 2.44. The predicted octanol–water partition coefficient (Wildman–Crippen LogP) is 3.76. The lowest BCUT2D eigenvalue weighted by molar-refractivity contribution is 0.0527. The van der Waals surface area contributed by atoms with Crippen molar-refractivity contribution in [1.29, 1.82) is 0 Å². The number of benzene rings is 1. The van der Waals surface area contributed by atoms with E-state index >= 15 is 0 Å². The van der Waals surface area contributed by atoms with Gasteiger partial charge in [-0.2, -0.15) is 0 Å². The van der Waals surface area contributed by atoms with E-state index in [1.807, 2.05) is 0 Å². The molecule has 0 saturated heterocycles. The number of ether oxygens (including phenoxy) is 1. The number of carbonyl (C=O) groups excluding carboxylic acids is 1. The van der Waals surface area contributed by atoms with E-state index in [2.05, 4.69) is 20.9 Å². The first-order valence-electron chi connectivity index (χ1n) is 5.43. The Morgan fingerprint density at radius 1 is 1.50 bits per heavy atom. The number of aromatic amines is 1. The van der Waals surface area contributed by atoms with E-state index in [0.29, 0.717) is 27.9 Å². The highest BCUT2D eigenvalue weighted by Crippen LogP contribution is 2.32. The van der Waals surface area contributed by atoms with Crippen molar-refractivity contribution in [3.05, 3.63) is 46.4 Å². The number of aromatic nitrogens is 1. The summed E-state index contributed by atoms with van der Waals surface area (Å²) in [6, 6.07) is 6.06. The van der Waals surface area contributed by atoms with Crippen LogP contribution in [-0.4, -0.2) is 17.6 Å². The molecule has 2 rings (SSSR count). The summed E-state index contributed by atoms with van der Waals surface area (Å²) >= 11 is 3.31. The van der Waals surface area contributed by atoms with Crippen LogP contribution >= 0.6 is 15.9 Å². The fraction of sp³-hybridized carbons (Fsp3) is 0.154. The normalized spacial score (nSPS) is 10.4. The van der Waals surface area contributed by atoms with Crippen molar-refractivity contribution < 1.29 is 13.9 Å². The van der Waals surface area contributed by atoms with Gasteiger partial charge in [-0.25, -0.2) is 9.18 Å². The Morgan fingerprint density at radius 3 is 2.94 bits per heavy atom. The summed E-state index contributed by atoms with van der Waals surface area (Å²) in [4.78, 5) is 14.7. The zero-order valence-electron chi connectivity index (χ0n) is 9.67. The quantitative estimate of drug-likeness (QED) is 0.877. The molecule has 3 nitrogen and oxygen atoms in total. The van der Waals surface area contributed by atoms with Crippen molar-refractivity contribution in [2.24, 2.45) is 0 Å². The summed E-state index contributed by atoms with van der Waals surface area (Å²) < 4.78 is 18.8. The summed E-state index contributed by atoms with van der Waals surface area (Å²) in [5.41, 5.74) is 1.61. The number of hydrogen-bond donors (Lipinski definition) is 1. The molecule has 0 fully saturated rings. The number of esters is 1. The fourth-order valence-electron chi connectivity index (χ4n) is 1.69. The second kappa shape index (κ2) is 5.35. The standard InChI is InChI=1S/C13H11BrFNO2/c1-2-18-13(17)10-7-16-12(14)11(10)8-4-3-5-9(15)6-8/h3-7,16H,2H2,1H3.